The van der Waals surface area contributed by atoms with Gasteiger partial charge in [-0.3, -0.25) is 0 Å². The van der Waals surface area contributed by atoms with Crippen LogP contribution in [0.15, 0.2) is 35.7 Å². The largest absolute Gasteiger partial charge is 0.363 e. The maximum absolute atomic E-state index is 12.8. The summed E-state index contributed by atoms with van der Waals surface area (Å²) < 4.78 is 12.8. The summed E-state index contributed by atoms with van der Waals surface area (Å²) in [5, 5.41) is 5.16. The van der Waals surface area contributed by atoms with Gasteiger partial charge >= 0.3 is 0 Å². The van der Waals surface area contributed by atoms with Gasteiger partial charge in [-0.25, -0.2) is 4.98 Å². The molecule has 78 valence electrons. The van der Waals surface area contributed by atoms with E-state index in [9.17, 15) is 4.39 Å². The smallest absolute Gasteiger partial charge is 0.214 e. The number of hydrogen-bond donors (Lipinski definition) is 1. The lowest BCUT2D eigenvalue weighted by molar-refractivity contribution is 0.584. The third kappa shape index (κ3) is 2.53. The average molecular weight is 222 g/mol. The zero-order valence-electron chi connectivity index (χ0n) is 8.27. The molecule has 0 aromatic carbocycles. The molecule has 0 saturated heterocycles. The van der Waals surface area contributed by atoms with Gasteiger partial charge in [0.05, 0.1) is 6.04 Å². The highest BCUT2D eigenvalue weighted by Crippen LogP contribution is 2.21. The van der Waals surface area contributed by atoms with Crippen molar-refractivity contribution in [3.8, 4) is 0 Å². The Hall–Kier alpha value is -1.42. The van der Waals surface area contributed by atoms with Crippen molar-refractivity contribution in [1.29, 1.82) is 0 Å². The number of aromatic nitrogens is 1. The zero-order valence-corrected chi connectivity index (χ0v) is 9.09. The summed E-state index contributed by atoms with van der Waals surface area (Å²) in [7, 11) is 0. The lowest BCUT2D eigenvalue weighted by Gasteiger charge is -2.12. The van der Waals surface area contributed by atoms with E-state index in [1.807, 2.05) is 24.4 Å². The Balaban J connectivity index is 2.09. The van der Waals surface area contributed by atoms with Gasteiger partial charge in [-0.05, 0) is 30.5 Å². The highest BCUT2D eigenvalue weighted by Gasteiger charge is 2.06. The Labute approximate surface area is 91.8 Å². The molecule has 4 heteroatoms. The first-order valence-corrected chi connectivity index (χ1v) is 5.56. The second-order valence-electron chi connectivity index (χ2n) is 3.23. The molecule has 0 saturated carbocycles. The van der Waals surface area contributed by atoms with Crippen LogP contribution in [0.3, 0.4) is 0 Å². The molecule has 2 aromatic heterocycles. The van der Waals surface area contributed by atoms with E-state index in [-0.39, 0.29) is 6.04 Å². The number of anilines is 1. The second kappa shape index (κ2) is 4.40. The molecule has 0 radical (unpaired) electrons. The molecular weight excluding hydrogens is 211 g/mol. The first-order valence-electron chi connectivity index (χ1n) is 4.68. The molecule has 1 unspecified atom stereocenters. The Bertz CT molecular complexity index is 428. The molecule has 1 atom stereocenters. The van der Waals surface area contributed by atoms with Crippen LogP contribution < -0.4 is 5.32 Å². The third-order valence-corrected chi connectivity index (χ3v) is 3.10. The Morgan fingerprint density at radius 3 is 2.87 bits per heavy atom. The predicted molar refractivity (Wildman–Crippen MR) is 60.6 cm³/mol. The van der Waals surface area contributed by atoms with Crippen molar-refractivity contribution in [2.24, 2.45) is 0 Å². The fourth-order valence-corrected chi connectivity index (χ4v) is 2.05. The number of halogens is 1. The van der Waals surface area contributed by atoms with Crippen LogP contribution in [0.1, 0.15) is 17.8 Å². The number of hydrogen-bond acceptors (Lipinski definition) is 3. The SMILES string of the molecule is CC(Nc1cccc(F)n1)c1cccs1. The van der Waals surface area contributed by atoms with E-state index in [1.54, 1.807) is 23.5 Å². The van der Waals surface area contributed by atoms with Crippen molar-refractivity contribution in [2.45, 2.75) is 13.0 Å². The highest BCUT2D eigenvalue weighted by molar-refractivity contribution is 7.10. The normalized spacial score (nSPS) is 12.4. The number of nitrogens with one attached hydrogen (secondary N) is 1. The van der Waals surface area contributed by atoms with Crippen molar-refractivity contribution in [1.82, 2.24) is 4.98 Å². The van der Waals surface area contributed by atoms with E-state index in [1.165, 1.54) is 10.9 Å². The van der Waals surface area contributed by atoms with E-state index >= 15 is 0 Å². The summed E-state index contributed by atoms with van der Waals surface area (Å²) in [5.41, 5.74) is 0. The summed E-state index contributed by atoms with van der Waals surface area (Å²) in [5.74, 6) is 0.106. The minimum atomic E-state index is -0.460. The van der Waals surface area contributed by atoms with Crippen LogP contribution in [0.25, 0.3) is 0 Å². The first kappa shape index (κ1) is 10.1. The van der Waals surface area contributed by atoms with Crippen LogP contribution in [-0.4, -0.2) is 4.98 Å². The molecule has 2 heterocycles. The van der Waals surface area contributed by atoms with E-state index < -0.39 is 5.95 Å². The van der Waals surface area contributed by atoms with Gasteiger partial charge in [0.25, 0.3) is 0 Å². The fourth-order valence-electron chi connectivity index (χ4n) is 1.32. The summed E-state index contributed by atoms with van der Waals surface area (Å²) in [6.45, 7) is 2.03. The number of nitrogens with zero attached hydrogens (tertiary/aromatic N) is 1. The summed E-state index contributed by atoms with van der Waals surface area (Å²) >= 11 is 1.67. The maximum Gasteiger partial charge on any atom is 0.214 e. The third-order valence-electron chi connectivity index (χ3n) is 2.05. The van der Waals surface area contributed by atoms with Crippen molar-refractivity contribution >= 4 is 17.2 Å². The summed E-state index contributed by atoms with van der Waals surface area (Å²) in [6, 6.07) is 8.93. The average Bonchev–Trinajstić information content (AvgIpc) is 2.70. The molecule has 2 nitrogen and oxygen atoms in total. The van der Waals surface area contributed by atoms with Gasteiger partial charge in [-0.2, -0.15) is 4.39 Å². The number of pyridine rings is 1. The molecule has 0 bridgehead atoms. The molecule has 2 rings (SSSR count). The van der Waals surface area contributed by atoms with Crippen molar-refractivity contribution in [2.75, 3.05) is 5.32 Å². The van der Waals surface area contributed by atoms with Crippen LogP contribution in [0.2, 0.25) is 0 Å². The molecule has 0 spiro atoms. The van der Waals surface area contributed by atoms with Gasteiger partial charge in [0, 0.05) is 4.88 Å². The predicted octanol–water partition coefficient (Wildman–Crippen LogP) is 3.46. The highest BCUT2D eigenvalue weighted by atomic mass is 32.1. The van der Waals surface area contributed by atoms with Crippen molar-refractivity contribution in [3.05, 3.63) is 46.5 Å². The van der Waals surface area contributed by atoms with Crippen LogP contribution in [0.4, 0.5) is 10.2 Å². The maximum atomic E-state index is 12.8. The van der Waals surface area contributed by atoms with Gasteiger partial charge < -0.3 is 5.32 Å². The Morgan fingerprint density at radius 1 is 1.33 bits per heavy atom. The van der Waals surface area contributed by atoms with Crippen LogP contribution >= 0.6 is 11.3 Å². The quantitative estimate of drug-likeness (QED) is 0.804. The first-order chi connectivity index (χ1) is 7.25. The Morgan fingerprint density at radius 2 is 2.20 bits per heavy atom. The second-order valence-corrected chi connectivity index (χ2v) is 4.21. The van der Waals surface area contributed by atoms with Gasteiger partial charge in [-0.15, -0.1) is 11.3 Å². The fraction of sp³-hybridized carbons (Fsp3) is 0.182. The molecule has 0 aliphatic heterocycles. The lowest BCUT2D eigenvalue weighted by atomic mass is 10.3. The zero-order chi connectivity index (χ0) is 10.7. The van der Waals surface area contributed by atoms with Crippen molar-refractivity contribution < 1.29 is 4.39 Å². The van der Waals surface area contributed by atoms with E-state index in [0.29, 0.717) is 5.82 Å². The topological polar surface area (TPSA) is 24.9 Å². The van der Waals surface area contributed by atoms with Crippen LogP contribution in [0.5, 0.6) is 0 Å². The van der Waals surface area contributed by atoms with Gasteiger partial charge in [-0.1, -0.05) is 12.1 Å². The minimum absolute atomic E-state index is 0.152. The minimum Gasteiger partial charge on any atom is -0.363 e. The monoisotopic (exact) mass is 222 g/mol. The van der Waals surface area contributed by atoms with Gasteiger partial charge in [0.15, 0.2) is 0 Å². The van der Waals surface area contributed by atoms with E-state index in [2.05, 4.69) is 10.3 Å². The molecule has 0 aliphatic rings. The lowest BCUT2D eigenvalue weighted by Crippen LogP contribution is -2.06. The molecule has 0 fully saturated rings. The number of thiophene rings is 1. The van der Waals surface area contributed by atoms with E-state index in [0.717, 1.165) is 0 Å². The molecule has 0 aliphatic carbocycles. The Kier molecular flexibility index (Phi) is 2.97. The van der Waals surface area contributed by atoms with Crippen molar-refractivity contribution in [3.63, 3.8) is 0 Å². The molecule has 15 heavy (non-hydrogen) atoms. The van der Waals surface area contributed by atoms with Gasteiger partial charge in [0.1, 0.15) is 5.82 Å². The molecule has 1 N–H and O–H groups in total. The van der Waals surface area contributed by atoms with Crippen LogP contribution in [0, 0.1) is 5.95 Å². The summed E-state index contributed by atoms with van der Waals surface area (Å²) in [6.07, 6.45) is 0. The number of rotatable bonds is 3. The molecular formula is C11H11FN2S. The van der Waals surface area contributed by atoms with Crippen LogP contribution in [-0.2, 0) is 0 Å². The summed E-state index contributed by atoms with van der Waals surface area (Å²) in [4.78, 5) is 4.96. The molecule has 0 amide bonds. The van der Waals surface area contributed by atoms with E-state index in [4.69, 9.17) is 0 Å². The molecule has 2 aromatic rings. The van der Waals surface area contributed by atoms with Gasteiger partial charge in [0.2, 0.25) is 5.95 Å². The standard InChI is InChI=1S/C11H11FN2S/c1-8(9-4-3-7-15-9)13-11-6-2-5-10(12)14-11/h2-8H,1H3,(H,13,14).